The van der Waals surface area contributed by atoms with Crippen molar-refractivity contribution in [3.63, 3.8) is 0 Å². The van der Waals surface area contributed by atoms with Gasteiger partial charge in [-0.05, 0) is 54.6 Å². The molecular formula is C13H15IN2O. The highest BCUT2D eigenvalue weighted by atomic mass is 127. The van der Waals surface area contributed by atoms with Gasteiger partial charge in [-0.1, -0.05) is 0 Å². The lowest BCUT2D eigenvalue weighted by Gasteiger charge is -2.02. The van der Waals surface area contributed by atoms with E-state index in [4.69, 9.17) is 5.73 Å². The molecule has 17 heavy (non-hydrogen) atoms. The number of hydrogen-bond acceptors (Lipinski definition) is 2. The molecular weight excluding hydrogens is 327 g/mol. The summed E-state index contributed by atoms with van der Waals surface area (Å²) in [7, 11) is 0. The summed E-state index contributed by atoms with van der Waals surface area (Å²) < 4.78 is 3.21. The van der Waals surface area contributed by atoms with Gasteiger partial charge in [0.25, 0.3) is 0 Å². The van der Waals surface area contributed by atoms with Crippen LogP contribution in [0, 0.1) is 3.57 Å². The lowest BCUT2D eigenvalue weighted by molar-refractivity contribution is 0.0969. The largest absolute Gasteiger partial charge is 0.347 e. The molecule has 1 aromatic carbocycles. The minimum Gasteiger partial charge on any atom is -0.347 e. The molecule has 4 heteroatoms. The normalized spacial score (nSPS) is 12.9. The molecule has 1 heterocycles. The first-order valence-electron chi connectivity index (χ1n) is 5.62. The fourth-order valence-corrected chi connectivity index (χ4v) is 2.46. The first-order valence-corrected chi connectivity index (χ1v) is 6.70. The van der Waals surface area contributed by atoms with Gasteiger partial charge < -0.3 is 10.3 Å². The molecule has 0 aliphatic heterocycles. The van der Waals surface area contributed by atoms with Crippen molar-refractivity contribution in [2.75, 3.05) is 0 Å². The Labute approximate surface area is 114 Å². The van der Waals surface area contributed by atoms with Gasteiger partial charge in [0.2, 0.25) is 0 Å². The highest BCUT2D eigenvalue weighted by Crippen LogP contribution is 2.24. The first kappa shape index (κ1) is 12.6. The van der Waals surface area contributed by atoms with E-state index in [1.807, 2.05) is 12.3 Å². The topological polar surface area (TPSA) is 48.0 Å². The summed E-state index contributed by atoms with van der Waals surface area (Å²) >= 11 is 2.25. The maximum atomic E-state index is 12.1. The van der Waals surface area contributed by atoms with Gasteiger partial charge in [-0.3, -0.25) is 4.79 Å². The van der Waals surface area contributed by atoms with E-state index in [-0.39, 0.29) is 5.78 Å². The molecule has 0 fully saturated rings. The van der Waals surface area contributed by atoms with Gasteiger partial charge in [-0.15, -0.1) is 0 Å². The molecule has 0 saturated carbocycles. The van der Waals surface area contributed by atoms with E-state index in [9.17, 15) is 4.79 Å². The fourth-order valence-electron chi connectivity index (χ4n) is 1.97. The number of fused-ring (bicyclic) bond motifs is 1. The Morgan fingerprint density at radius 1 is 1.53 bits per heavy atom. The maximum absolute atomic E-state index is 12.1. The molecule has 0 amide bonds. The second-order valence-electron chi connectivity index (χ2n) is 4.14. The maximum Gasteiger partial charge on any atom is 0.181 e. The standard InChI is InChI=1S/C13H15IN2O/c1-3-16-7-11(13(17)8(2)15)10-6-9(14)4-5-12(10)16/h4-8H,3,15H2,1-2H3. The Morgan fingerprint density at radius 2 is 2.24 bits per heavy atom. The molecule has 0 aliphatic carbocycles. The van der Waals surface area contributed by atoms with Crippen molar-refractivity contribution in [3.8, 4) is 0 Å². The smallest absolute Gasteiger partial charge is 0.181 e. The molecule has 0 saturated heterocycles. The number of ketones is 1. The molecule has 1 unspecified atom stereocenters. The van der Waals surface area contributed by atoms with Gasteiger partial charge in [-0.2, -0.15) is 0 Å². The third-order valence-electron chi connectivity index (χ3n) is 2.86. The van der Waals surface area contributed by atoms with E-state index in [1.54, 1.807) is 6.92 Å². The summed E-state index contributed by atoms with van der Waals surface area (Å²) in [4.78, 5) is 12.1. The average molecular weight is 342 g/mol. The van der Waals surface area contributed by atoms with Crippen LogP contribution in [-0.4, -0.2) is 16.4 Å². The summed E-state index contributed by atoms with van der Waals surface area (Å²) in [6, 6.07) is 5.69. The van der Waals surface area contributed by atoms with E-state index in [1.165, 1.54) is 0 Å². The van der Waals surface area contributed by atoms with E-state index >= 15 is 0 Å². The second-order valence-corrected chi connectivity index (χ2v) is 5.39. The third kappa shape index (κ3) is 2.24. The summed E-state index contributed by atoms with van der Waals surface area (Å²) in [5.74, 6) is 0.00389. The molecule has 2 N–H and O–H groups in total. The quantitative estimate of drug-likeness (QED) is 0.689. The second kappa shape index (κ2) is 4.78. The number of carbonyl (C=O) groups is 1. The van der Waals surface area contributed by atoms with Crippen molar-refractivity contribution in [1.82, 2.24) is 4.57 Å². The monoisotopic (exact) mass is 342 g/mol. The number of hydrogen-bond donors (Lipinski definition) is 1. The SMILES string of the molecule is CCn1cc(C(=O)C(C)N)c2cc(I)ccc21. The van der Waals surface area contributed by atoms with Crippen LogP contribution in [0.2, 0.25) is 0 Å². The Morgan fingerprint density at radius 3 is 2.82 bits per heavy atom. The van der Waals surface area contributed by atoms with Crippen molar-refractivity contribution in [2.45, 2.75) is 26.4 Å². The average Bonchev–Trinajstić information content (AvgIpc) is 2.65. The van der Waals surface area contributed by atoms with Crippen LogP contribution in [0.5, 0.6) is 0 Å². The molecule has 0 bridgehead atoms. The van der Waals surface area contributed by atoms with Crippen LogP contribution in [0.25, 0.3) is 10.9 Å². The minimum atomic E-state index is -0.455. The molecule has 0 aliphatic rings. The molecule has 0 radical (unpaired) electrons. The van der Waals surface area contributed by atoms with Gasteiger partial charge >= 0.3 is 0 Å². The van der Waals surface area contributed by atoms with Crippen LogP contribution in [0.15, 0.2) is 24.4 Å². The number of nitrogens with zero attached hydrogens (tertiary/aromatic N) is 1. The van der Waals surface area contributed by atoms with Gasteiger partial charge in [0.05, 0.1) is 6.04 Å². The molecule has 2 rings (SSSR count). The summed E-state index contributed by atoms with van der Waals surface area (Å²) in [5.41, 5.74) is 7.51. The molecule has 0 spiro atoms. The highest BCUT2D eigenvalue weighted by molar-refractivity contribution is 14.1. The Balaban J connectivity index is 2.71. The van der Waals surface area contributed by atoms with Gasteiger partial charge in [0, 0.05) is 32.8 Å². The van der Waals surface area contributed by atoms with Gasteiger partial charge in [0.15, 0.2) is 5.78 Å². The Hall–Kier alpha value is -0.880. The van der Waals surface area contributed by atoms with E-state index in [0.717, 1.165) is 26.6 Å². The number of rotatable bonds is 3. The van der Waals surface area contributed by atoms with Crippen LogP contribution in [0.3, 0.4) is 0 Å². The van der Waals surface area contributed by atoms with Crippen molar-refractivity contribution in [2.24, 2.45) is 5.73 Å². The van der Waals surface area contributed by atoms with Crippen molar-refractivity contribution in [1.29, 1.82) is 0 Å². The fraction of sp³-hybridized carbons (Fsp3) is 0.308. The molecule has 1 atom stereocenters. The predicted octanol–water partition coefficient (Wildman–Crippen LogP) is 2.80. The van der Waals surface area contributed by atoms with E-state index in [2.05, 4.69) is 46.2 Å². The molecule has 3 nitrogen and oxygen atoms in total. The third-order valence-corrected chi connectivity index (χ3v) is 3.53. The van der Waals surface area contributed by atoms with Crippen LogP contribution < -0.4 is 5.73 Å². The Bertz CT molecular complexity index is 572. The number of carbonyl (C=O) groups excluding carboxylic acids is 1. The number of halogens is 1. The summed E-state index contributed by atoms with van der Waals surface area (Å²) in [6.07, 6.45) is 1.91. The van der Waals surface area contributed by atoms with Crippen molar-refractivity contribution in [3.05, 3.63) is 33.5 Å². The minimum absolute atomic E-state index is 0.00389. The lowest BCUT2D eigenvalue weighted by Crippen LogP contribution is -2.26. The predicted molar refractivity (Wildman–Crippen MR) is 78.3 cm³/mol. The first-order chi connectivity index (χ1) is 8.04. The van der Waals surface area contributed by atoms with E-state index in [0.29, 0.717) is 0 Å². The molecule has 2 aromatic rings. The van der Waals surface area contributed by atoms with Crippen LogP contribution in [0.1, 0.15) is 24.2 Å². The Kier molecular flexibility index (Phi) is 3.53. The van der Waals surface area contributed by atoms with Gasteiger partial charge in [-0.25, -0.2) is 0 Å². The van der Waals surface area contributed by atoms with E-state index < -0.39 is 6.04 Å². The zero-order valence-electron chi connectivity index (χ0n) is 9.90. The number of Topliss-reactive ketones (excluding diaryl/α,β-unsaturated/α-hetero) is 1. The number of nitrogens with two attached hydrogens (primary N) is 1. The molecule has 1 aromatic heterocycles. The van der Waals surface area contributed by atoms with Crippen molar-refractivity contribution < 1.29 is 4.79 Å². The number of aryl methyl sites for hydroxylation is 1. The number of benzene rings is 1. The van der Waals surface area contributed by atoms with Gasteiger partial charge in [0.1, 0.15) is 0 Å². The van der Waals surface area contributed by atoms with Crippen molar-refractivity contribution >= 4 is 39.3 Å². The summed E-state index contributed by atoms with van der Waals surface area (Å²) in [6.45, 7) is 4.65. The summed E-state index contributed by atoms with van der Waals surface area (Å²) in [5, 5.41) is 1.00. The highest BCUT2D eigenvalue weighted by Gasteiger charge is 2.17. The zero-order valence-corrected chi connectivity index (χ0v) is 12.1. The number of aromatic nitrogens is 1. The molecule has 90 valence electrons. The van der Waals surface area contributed by atoms with Crippen LogP contribution >= 0.6 is 22.6 Å². The van der Waals surface area contributed by atoms with Crippen LogP contribution in [-0.2, 0) is 6.54 Å². The van der Waals surface area contributed by atoms with Crippen LogP contribution in [0.4, 0.5) is 0 Å². The lowest BCUT2D eigenvalue weighted by atomic mass is 10.1. The zero-order chi connectivity index (χ0) is 12.6.